The Morgan fingerprint density at radius 3 is 2.61 bits per heavy atom. The van der Waals surface area contributed by atoms with Crippen LogP contribution in [0.5, 0.6) is 0 Å². The number of piperazine rings is 1. The van der Waals surface area contributed by atoms with E-state index < -0.39 is 0 Å². The first-order valence-corrected chi connectivity index (χ1v) is 6.79. The van der Waals surface area contributed by atoms with Crippen molar-refractivity contribution in [1.29, 1.82) is 0 Å². The fourth-order valence-electron chi connectivity index (χ4n) is 1.97. The zero-order valence-corrected chi connectivity index (χ0v) is 11.0. The van der Waals surface area contributed by atoms with Crippen LogP contribution in [0.4, 0.5) is 0 Å². The smallest absolute Gasteiger partial charge is 0.246 e. The van der Waals surface area contributed by atoms with E-state index >= 15 is 0 Å². The van der Waals surface area contributed by atoms with Gasteiger partial charge in [0.05, 0.1) is 11.4 Å². The summed E-state index contributed by atoms with van der Waals surface area (Å²) in [5, 5.41) is 1.91. The lowest BCUT2D eigenvalue weighted by molar-refractivity contribution is -0.127. The van der Waals surface area contributed by atoms with Crippen molar-refractivity contribution in [2.75, 3.05) is 32.7 Å². The van der Waals surface area contributed by atoms with Crippen molar-refractivity contribution in [3.8, 4) is 0 Å². The van der Waals surface area contributed by atoms with Crippen LogP contribution in [0.25, 0.3) is 0 Å². The molecule has 1 aromatic rings. The zero-order valence-electron chi connectivity index (χ0n) is 10.2. The Hall–Kier alpha value is -1.46. The molecular weight excluding hydrogens is 248 g/mol. The van der Waals surface area contributed by atoms with Crippen LogP contribution in [0.3, 0.4) is 0 Å². The van der Waals surface area contributed by atoms with E-state index in [4.69, 9.17) is 0 Å². The monoisotopic (exact) mass is 264 g/mol. The highest BCUT2D eigenvalue weighted by molar-refractivity contribution is 7.12. The van der Waals surface area contributed by atoms with Crippen LogP contribution in [0.1, 0.15) is 9.67 Å². The standard InChI is InChI=1S/C13H16N2O2S/c1-2-13(17)15-7-5-14(6-8-15)10-11(16)12-4-3-9-18-12/h2-4,9H,1,5-8,10H2. The minimum atomic E-state index is -0.0285. The van der Waals surface area contributed by atoms with Crippen molar-refractivity contribution >= 4 is 23.0 Å². The van der Waals surface area contributed by atoms with E-state index in [0.29, 0.717) is 19.6 Å². The summed E-state index contributed by atoms with van der Waals surface area (Å²) in [5.74, 6) is 0.132. The normalized spacial score (nSPS) is 16.6. The summed E-state index contributed by atoms with van der Waals surface area (Å²) < 4.78 is 0. The molecule has 1 saturated heterocycles. The molecule has 5 heteroatoms. The average molecular weight is 264 g/mol. The van der Waals surface area contributed by atoms with E-state index in [2.05, 4.69) is 11.5 Å². The Labute approximate surface area is 111 Å². The molecule has 96 valence electrons. The number of rotatable bonds is 4. The third-order valence-corrected chi connectivity index (χ3v) is 3.93. The summed E-state index contributed by atoms with van der Waals surface area (Å²) in [6, 6.07) is 3.74. The van der Waals surface area contributed by atoms with Gasteiger partial charge in [-0.05, 0) is 17.5 Å². The van der Waals surface area contributed by atoms with Crippen molar-refractivity contribution in [3.63, 3.8) is 0 Å². The van der Waals surface area contributed by atoms with Gasteiger partial charge in [0.2, 0.25) is 5.91 Å². The van der Waals surface area contributed by atoms with Crippen molar-refractivity contribution in [2.45, 2.75) is 0 Å². The molecule has 0 spiro atoms. The van der Waals surface area contributed by atoms with Gasteiger partial charge in [-0.1, -0.05) is 12.6 Å². The van der Waals surface area contributed by atoms with E-state index in [-0.39, 0.29) is 11.7 Å². The molecule has 0 bridgehead atoms. The van der Waals surface area contributed by atoms with E-state index in [1.807, 2.05) is 17.5 Å². The molecule has 2 rings (SSSR count). The summed E-state index contributed by atoms with van der Waals surface area (Å²) in [7, 11) is 0. The Kier molecular flexibility index (Phi) is 4.28. The van der Waals surface area contributed by atoms with Crippen LogP contribution in [0.15, 0.2) is 30.2 Å². The van der Waals surface area contributed by atoms with Crippen molar-refractivity contribution in [1.82, 2.24) is 9.80 Å². The van der Waals surface area contributed by atoms with Crippen LogP contribution in [-0.2, 0) is 4.79 Å². The zero-order chi connectivity index (χ0) is 13.0. The Morgan fingerprint density at radius 2 is 2.06 bits per heavy atom. The van der Waals surface area contributed by atoms with Gasteiger partial charge in [-0.3, -0.25) is 14.5 Å². The molecule has 1 aromatic heterocycles. The van der Waals surface area contributed by atoms with Gasteiger partial charge < -0.3 is 4.90 Å². The lowest BCUT2D eigenvalue weighted by atomic mass is 10.2. The van der Waals surface area contributed by atoms with Crippen LogP contribution >= 0.6 is 11.3 Å². The lowest BCUT2D eigenvalue weighted by Gasteiger charge is -2.33. The fraction of sp³-hybridized carbons (Fsp3) is 0.385. The second-order valence-electron chi connectivity index (χ2n) is 4.21. The van der Waals surface area contributed by atoms with Crippen LogP contribution in [-0.4, -0.2) is 54.2 Å². The lowest BCUT2D eigenvalue weighted by Crippen LogP contribution is -2.49. The SMILES string of the molecule is C=CC(=O)N1CCN(CC(=O)c2cccs2)CC1. The first-order chi connectivity index (χ1) is 8.70. The van der Waals surface area contributed by atoms with E-state index in [9.17, 15) is 9.59 Å². The van der Waals surface area contributed by atoms with E-state index in [1.54, 1.807) is 4.90 Å². The van der Waals surface area contributed by atoms with Crippen molar-refractivity contribution < 1.29 is 9.59 Å². The summed E-state index contributed by atoms with van der Waals surface area (Å²) >= 11 is 1.47. The van der Waals surface area contributed by atoms with E-state index in [1.165, 1.54) is 17.4 Å². The molecule has 1 aliphatic heterocycles. The van der Waals surface area contributed by atoms with Gasteiger partial charge >= 0.3 is 0 Å². The highest BCUT2D eigenvalue weighted by Gasteiger charge is 2.21. The summed E-state index contributed by atoms with van der Waals surface area (Å²) in [4.78, 5) is 28.0. The molecule has 1 fully saturated rings. The number of Topliss-reactive ketones (excluding diaryl/α,β-unsaturated/α-hetero) is 1. The van der Waals surface area contributed by atoms with Crippen molar-refractivity contribution in [2.24, 2.45) is 0 Å². The summed E-state index contributed by atoms with van der Waals surface area (Å²) in [6.45, 7) is 6.75. The Morgan fingerprint density at radius 1 is 1.33 bits per heavy atom. The third kappa shape index (κ3) is 3.05. The maximum atomic E-state index is 11.9. The van der Waals surface area contributed by atoms with Crippen molar-refractivity contribution in [3.05, 3.63) is 35.0 Å². The molecule has 0 atom stereocenters. The minimum absolute atomic E-state index is 0.0285. The summed E-state index contributed by atoms with van der Waals surface area (Å²) in [5.41, 5.74) is 0. The topological polar surface area (TPSA) is 40.6 Å². The quantitative estimate of drug-likeness (QED) is 0.607. The van der Waals surface area contributed by atoms with Gasteiger partial charge in [-0.25, -0.2) is 0 Å². The molecule has 0 radical (unpaired) electrons. The third-order valence-electron chi connectivity index (χ3n) is 3.02. The molecule has 0 aromatic carbocycles. The first kappa shape index (κ1) is 13.0. The van der Waals surface area contributed by atoms with E-state index in [0.717, 1.165) is 18.0 Å². The molecular formula is C13H16N2O2S. The van der Waals surface area contributed by atoms with Gasteiger partial charge in [0.1, 0.15) is 0 Å². The molecule has 0 saturated carbocycles. The molecule has 0 aliphatic carbocycles. The van der Waals surface area contributed by atoms with Gasteiger partial charge in [0.15, 0.2) is 5.78 Å². The molecule has 0 unspecified atom stereocenters. The number of nitrogens with zero attached hydrogens (tertiary/aromatic N) is 2. The number of amides is 1. The van der Waals surface area contributed by atoms with Crippen LogP contribution < -0.4 is 0 Å². The number of ketones is 1. The highest BCUT2D eigenvalue weighted by Crippen LogP contribution is 2.11. The summed E-state index contributed by atoms with van der Waals surface area (Å²) in [6.07, 6.45) is 1.34. The predicted molar refractivity (Wildman–Crippen MR) is 71.9 cm³/mol. The molecule has 0 N–H and O–H groups in total. The van der Waals surface area contributed by atoms with Gasteiger partial charge in [-0.2, -0.15) is 0 Å². The fourth-order valence-corrected chi connectivity index (χ4v) is 2.63. The predicted octanol–water partition coefficient (Wildman–Crippen LogP) is 1.26. The Balaban J connectivity index is 1.82. The number of carbonyl (C=O) groups excluding carboxylic acids is 2. The minimum Gasteiger partial charge on any atom is -0.337 e. The van der Waals surface area contributed by atoms with Gasteiger partial charge in [-0.15, -0.1) is 11.3 Å². The van der Waals surface area contributed by atoms with Gasteiger partial charge in [0, 0.05) is 26.2 Å². The number of hydrogen-bond donors (Lipinski definition) is 0. The molecule has 1 aliphatic rings. The maximum Gasteiger partial charge on any atom is 0.246 e. The Bertz CT molecular complexity index is 434. The average Bonchev–Trinajstić information content (AvgIpc) is 2.92. The largest absolute Gasteiger partial charge is 0.337 e. The molecule has 18 heavy (non-hydrogen) atoms. The number of hydrogen-bond acceptors (Lipinski definition) is 4. The number of carbonyl (C=O) groups is 2. The second-order valence-corrected chi connectivity index (χ2v) is 5.15. The highest BCUT2D eigenvalue weighted by atomic mass is 32.1. The van der Waals surface area contributed by atoms with Crippen LogP contribution in [0, 0.1) is 0 Å². The molecule has 1 amide bonds. The molecule has 2 heterocycles. The van der Waals surface area contributed by atoms with Crippen LogP contribution in [0.2, 0.25) is 0 Å². The number of thiophene rings is 1. The second kappa shape index (κ2) is 5.93. The molecule has 4 nitrogen and oxygen atoms in total. The first-order valence-electron chi connectivity index (χ1n) is 5.91. The van der Waals surface area contributed by atoms with Gasteiger partial charge in [0.25, 0.3) is 0 Å². The maximum absolute atomic E-state index is 11.9.